The predicted molar refractivity (Wildman–Crippen MR) is 39.3 cm³/mol. The van der Waals surface area contributed by atoms with Gasteiger partial charge in [0.15, 0.2) is 0 Å². The van der Waals surface area contributed by atoms with Crippen LogP contribution in [-0.4, -0.2) is 23.9 Å². The van der Waals surface area contributed by atoms with Crippen molar-refractivity contribution in [3.05, 3.63) is 11.0 Å². The molecule has 0 saturated carbocycles. The van der Waals surface area contributed by atoms with Crippen molar-refractivity contribution >= 4 is 18.5 Å². The number of carbonyl (C=O) groups is 1. The number of rotatable bonds is 1. The summed E-state index contributed by atoms with van der Waals surface area (Å²) in [5, 5.41) is 0. The van der Waals surface area contributed by atoms with Crippen LogP contribution in [0.4, 0.5) is 0 Å². The second-order valence-corrected chi connectivity index (χ2v) is 2.56. The molecule has 0 bridgehead atoms. The van der Waals surface area contributed by atoms with Crippen LogP contribution in [0.1, 0.15) is 6.92 Å². The Labute approximate surface area is 59.9 Å². The van der Waals surface area contributed by atoms with Crippen molar-refractivity contribution in [2.45, 2.75) is 6.92 Å². The van der Waals surface area contributed by atoms with Gasteiger partial charge in [-0.15, -0.1) is 12.6 Å². The maximum Gasteiger partial charge on any atom is 0.247 e. The fraction of sp³-hybridized carbons (Fsp3) is 0.500. The molecule has 0 N–H and O–H groups in total. The molecule has 3 heteroatoms. The monoisotopic (exact) mass is 143 g/mol. The van der Waals surface area contributed by atoms with Crippen molar-refractivity contribution < 1.29 is 4.79 Å². The van der Waals surface area contributed by atoms with E-state index in [1.165, 1.54) is 0 Å². The molecule has 1 rings (SSSR count). The zero-order valence-electron chi connectivity index (χ0n) is 5.29. The lowest BCUT2D eigenvalue weighted by molar-refractivity contribution is -0.124. The molecule has 0 aromatic carbocycles. The second kappa shape index (κ2) is 2.43. The van der Waals surface area contributed by atoms with E-state index >= 15 is 0 Å². The van der Waals surface area contributed by atoms with Gasteiger partial charge < -0.3 is 4.90 Å². The Morgan fingerprint density at radius 1 is 1.89 bits per heavy atom. The average Bonchev–Trinajstić information content (AvgIpc) is 2.10. The average molecular weight is 143 g/mol. The van der Waals surface area contributed by atoms with Gasteiger partial charge in [-0.05, 0) is 6.92 Å². The fourth-order valence-corrected chi connectivity index (χ4v) is 1.10. The molecule has 1 amide bonds. The van der Waals surface area contributed by atoms with Gasteiger partial charge in [-0.3, -0.25) is 4.79 Å². The van der Waals surface area contributed by atoms with Gasteiger partial charge in [0.25, 0.3) is 0 Å². The highest BCUT2D eigenvalue weighted by molar-refractivity contribution is 7.84. The normalized spacial score (nSPS) is 18.7. The molecule has 1 aliphatic heterocycles. The topological polar surface area (TPSA) is 20.3 Å². The van der Waals surface area contributed by atoms with Crippen LogP contribution in [0.3, 0.4) is 0 Å². The van der Waals surface area contributed by atoms with Gasteiger partial charge in [-0.25, -0.2) is 0 Å². The van der Waals surface area contributed by atoms with Crippen molar-refractivity contribution in [3.63, 3.8) is 0 Å². The summed E-state index contributed by atoms with van der Waals surface area (Å²) in [7, 11) is 0. The van der Waals surface area contributed by atoms with Gasteiger partial charge in [0, 0.05) is 17.5 Å². The number of hydrogen-bond donors (Lipinski definition) is 1. The van der Waals surface area contributed by atoms with E-state index in [9.17, 15) is 4.79 Å². The Morgan fingerprint density at radius 3 is 2.78 bits per heavy atom. The first-order valence-corrected chi connectivity index (χ1v) is 3.37. The van der Waals surface area contributed by atoms with E-state index in [2.05, 4.69) is 12.6 Å². The van der Waals surface area contributed by atoms with Crippen molar-refractivity contribution in [1.29, 1.82) is 0 Å². The van der Waals surface area contributed by atoms with Gasteiger partial charge in [-0.2, -0.15) is 0 Å². The summed E-state index contributed by atoms with van der Waals surface area (Å²) in [6.07, 6.45) is 1.56. The van der Waals surface area contributed by atoms with Crippen molar-refractivity contribution in [1.82, 2.24) is 4.90 Å². The zero-order chi connectivity index (χ0) is 6.85. The summed E-state index contributed by atoms with van der Waals surface area (Å²) >= 11 is 4.06. The molecule has 0 atom stereocenters. The molecular weight excluding hydrogens is 134 g/mol. The zero-order valence-corrected chi connectivity index (χ0v) is 6.19. The Balaban J connectivity index is 2.60. The van der Waals surface area contributed by atoms with Crippen LogP contribution < -0.4 is 0 Å². The Morgan fingerprint density at radius 2 is 2.56 bits per heavy atom. The Hall–Kier alpha value is -0.440. The third-order valence-corrected chi connectivity index (χ3v) is 1.61. The number of likely N-dealkylation sites (N-methyl/N-ethyl adjacent to an activating group) is 1. The Bertz CT molecular complexity index is 164. The summed E-state index contributed by atoms with van der Waals surface area (Å²) in [6, 6.07) is 0. The van der Waals surface area contributed by atoms with Crippen LogP contribution in [0.25, 0.3) is 0 Å². The van der Waals surface area contributed by atoms with Gasteiger partial charge in [0.05, 0.1) is 6.54 Å². The van der Waals surface area contributed by atoms with E-state index in [4.69, 9.17) is 0 Å². The third-order valence-electron chi connectivity index (χ3n) is 1.34. The summed E-state index contributed by atoms with van der Waals surface area (Å²) < 4.78 is 0. The largest absolute Gasteiger partial charge is 0.335 e. The first-order valence-electron chi connectivity index (χ1n) is 2.92. The standard InChI is InChI=1S/C6H9NOS/c1-2-7-4-5(9)3-6(7)8/h3,9H,2,4H2,1H3. The lowest BCUT2D eigenvalue weighted by atomic mass is 10.6. The molecule has 0 unspecified atom stereocenters. The molecule has 2 nitrogen and oxygen atoms in total. The van der Waals surface area contributed by atoms with E-state index in [0.717, 1.165) is 11.4 Å². The molecular formula is C6H9NOS. The lowest BCUT2D eigenvalue weighted by Gasteiger charge is -2.11. The maximum atomic E-state index is 10.8. The second-order valence-electron chi connectivity index (χ2n) is 1.99. The molecule has 0 spiro atoms. The lowest BCUT2D eigenvalue weighted by Crippen LogP contribution is -2.24. The fourth-order valence-electron chi connectivity index (χ4n) is 0.821. The smallest absolute Gasteiger partial charge is 0.247 e. The number of thiol groups is 1. The van der Waals surface area contributed by atoms with Crippen molar-refractivity contribution in [3.8, 4) is 0 Å². The van der Waals surface area contributed by atoms with Crippen LogP contribution >= 0.6 is 12.6 Å². The number of nitrogens with zero attached hydrogens (tertiary/aromatic N) is 1. The summed E-state index contributed by atoms with van der Waals surface area (Å²) in [4.78, 5) is 13.4. The highest BCUT2D eigenvalue weighted by atomic mass is 32.1. The van der Waals surface area contributed by atoms with E-state index < -0.39 is 0 Å². The summed E-state index contributed by atoms with van der Waals surface area (Å²) in [5.41, 5.74) is 0. The molecule has 0 aliphatic carbocycles. The van der Waals surface area contributed by atoms with E-state index in [-0.39, 0.29) is 5.91 Å². The SMILES string of the molecule is CCN1CC(S)=CC1=O. The van der Waals surface area contributed by atoms with Crippen molar-refractivity contribution in [2.75, 3.05) is 13.1 Å². The molecule has 50 valence electrons. The van der Waals surface area contributed by atoms with E-state index in [1.54, 1.807) is 11.0 Å². The molecule has 0 radical (unpaired) electrons. The number of carbonyl (C=O) groups excluding carboxylic acids is 1. The first-order chi connectivity index (χ1) is 4.24. The molecule has 9 heavy (non-hydrogen) atoms. The van der Waals surface area contributed by atoms with E-state index in [1.807, 2.05) is 6.92 Å². The molecule has 1 aliphatic rings. The van der Waals surface area contributed by atoms with Gasteiger partial charge >= 0.3 is 0 Å². The van der Waals surface area contributed by atoms with Gasteiger partial charge in [0.2, 0.25) is 5.91 Å². The highest BCUT2D eigenvalue weighted by Gasteiger charge is 2.16. The maximum absolute atomic E-state index is 10.8. The van der Waals surface area contributed by atoms with Gasteiger partial charge in [0.1, 0.15) is 0 Å². The quantitative estimate of drug-likeness (QED) is 0.535. The number of amides is 1. The van der Waals surface area contributed by atoms with Gasteiger partial charge in [-0.1, -0.05) is 0 Å². The molecule has 0 aromatic heterocycles. The van der Waals surface area contributed by atoms with Crippen LogP contribution in [-0.2, 0) is 4.79 Å². The van der Waals surface area contributed by atoms with Crippen molar-refractivity contribution in [2.24, 2.45) is 0 Å². The van der Waals surface area contributed by atoms with Crippen LogP contribution in [0.2, 0.25) is 0 Å². The Kier molecular flexibility index (Phi) is 1.81. The number of hydrogen-bond acceptors (Lipinski definition) is 2. The molecule has 1 heterocycles. The molecule has 0 aromatic rings. The molecule has 0 fully saturated rings. The highest BCUT2D eigenvalue weighted by Crippen LogP contribution is 2.11. The van der Waals surface area contributed by atoms with Crippen LogP contribution in [0, 0.1) is 0 Å². The molecule has 0 saturated heterocycles. The summed E-state index contributed by atoms with van der Waals surface area (Å²) in [5.74, 6) is 0.0856. The minimum Gasteiger partial charge on any atom is -0.335 e. The van der Waals surface area contributed by atoms with Crippen LogP contribution in [0.5, 0.6) is 0 Å². The minimum atomic E-state index is 0.0856. The third kappa shape index (κ3) is 1.27. The van der Waals surface area contributed by atoms with Crippen LogP contribution in [0.15, 0.2) is 11.0 Å². The summed E-state index contributed by atoms with van der Waals surface area (Å²) in [6.45, 7) is 3.43. The minimum absolute atomic E-state index is 0.0856. The first kappa shape index (κ1) is 6.68. The predicted octanol–water partition coefficient (Wildman–Crippen LogP) is 0.662. The van der Waals surface area contributed by atoms with E-state index in [0.29, 0.717) is 6.54 Å².